The minimum absolute atomic E-state index is 0.366. The Kier molecular flexibility index (Phi) is 19.7. The van der Waals surface area contributed by atoms with Gasteiger partial charge in [0.2, 0.25) is 5.79 Å². The van der Waals surface area contributed by atoms with Gasteiger partial charge < -0.3 is 25.4 Å². The SMILES string of the molecule is CCCCCCCCC=CCCCCCCC(OC(C)CC(C)O)(OC(C)CC(C)O)C(N)=O. The lowest BCUT2D eigenvalue weighted by Crippen LogP contribution is -2.52. The van der Waals surface area contributed by atoms with Crippen molar-refractivity contribution >= 4 is 5.91 Å². The van der Waals surface area contributed by atoms with E-state index in [0.717, 1.165) is 32.1 Å². The molecule has 6 heteroatoms. The van der Waals surface area contributed by atoms with Crippen molar-refractivity contribution in [3.05, 3.63) is 12.2 Å². The Morgan fingerprint density at radius 2 is 1.18 bits per heavy atom. The number of aliphatic hydroxyl groups excluding tert-OH is 2. The van der Waals surface area contributed by atoms with E-state index in [4.69, 9.17) is 15.2 Å². The predicted molar refractivity (Wildman–Crippen MR) is 140 cm³/mol. The maximum absolute atomic E-state index is 12.5. The third kappa shape index (κ3) is 17.5. The molecule has 0 aromatic carbocycles. The first-order valence-corrected chi connectivity index (χ1v) is 13.8. The number of carbonyl (C=O) groups excluding carboxylic acids is 1. The fourth-order valence-corrected chi connectivity index (χ4v) is 4.34. The largest absolute Gasteiger partial charge is 0.393 e. The number of ether oxygens (including phenoxy) is 2. The van der Waals surface area contributed by atoms with Crippen LogP contribution in [0.3, 0.4) is 0 Å². The highest BCUT2D eigenvalue weighted by Crippen LogP contribution is 2.28. The van der Waals surface area contributed by atoms with Gasteiger partial charge >= 0.3 is 0 Å². The van der Waals surface area contributed by atoms with Crippen LogP contribution >= 0.6 is 0 Å². The zero-order valence-electron chi connectivity index (χ0n) is 22.8. The molecule has 0 aliphatic heterocycles. The number of allylic oxidation sites excluding steroid dienone is 2. The molecule has 1 amide bonds. The summed E-state index contributed by atoms with van der Waals surface area (Å²) in [6, 6.07) is 0. The number of aliphatic hydroxyl groups is 2. The van der Waals surface area contributed by atoms with Crippen molar-refractivity contribution in [1.29, 1.82) is 0 Å². The summed E-state index contributed by atoms with van der Waals surface area (Å²) in [4.78, 5) is 12.5. The summed E-state index contributed by atoms with van der Waals surface area (Å²) >= 11 is 0. The zero-order valence-corrected chi connectivity index (χ0v) is 22.8. The fourth-order valence-electron chi connectivity index (χ4n) is 4.34. The van der Waals surface area contributed by atoms with Crippen molar-refractivity contribution in [2.75, 3.05) is 0 Å². The molecule has 0 bridgehead atoms. The fraction of sp³-hybridized carbons (Fsp3) is 0.893. The van der Waals surface area contributed by atoms with Crippen LogP contribution in [0.2, 0.25) is 0 Å². The van der Waals surface area contributed by atoms with Gasteiger partial charge in [0.25, 0.3) is 5.91 Å². The number of primary amides is 1. The van der Waals surface area contributed by atoms with Gasteiger partial charge in [-0.1, -0.05) is 64.0 Å². The van der Waals surface area contributed by atoms with Crippen LogP contribution in [0.15, 0.2) is 12.2 Å². The zero-order chi connectivity index (χ0) is 25.8. The van der Waals surface area contributed by atoms with Gasteiger partial charge in [0, 0.05) is 6.42 Å². The smallest absolute Gasteiger partial charge is 0.277 e. The van der Waals surface area contributed by atoms with Crippen LogP contribution in [0.4, 0.5) is 0 Å². The second kappa shape index (κ2) is 20.3. The molecule has 0 fully saturated rings. The highest BCUT2D eigenvalue weighted by atomic mass is 16.7. The summed E-state index contributed by atoms with van der Waals surface area (Å²) in [6.45, 7) is 9.24. The number of carbonyl (C=O) groups is 1. The van der Waals surface area contributed by atoms with Crippen LogP contribution < -0.4 is 5.73 Å². The van der Waals surface area contributed by atoms with Crippen LogP contribution in [-0.2, 0) is 14.3 Å². The Hall–Kier alpha value is -0.950. The van der Waals surface area contributed by atoms with Gasteiger partial charge in [-0.15, -0.1) is 0 Å². The van der Waals surface area contributed by atoms with Crippen molar-refractivity contribution in [3.63, 3.8) is 0 Å². The van der Waals surface area contributed by atoms with Crippen molar-refractivity contribution in [2.45, 2.75) is 161 Å². The van der Waals surface area contributed by atoms with E-state index in [-0.39, 0.29) is 12.2 Å². The molecule has 4 N–H and O–H groups in total. The molecular weight excluding hydrogens is 430 g/mol. The standard InChI is InChI=1S/C28H55NO5/c1-6-7-8-9-10-11-12-13-14-15-16-17-18-19-20-28(27(29)32,33-25(4)21-23(2)30)34-26(5)22-24(3)31/h13-14,23-26,30-31H,6-12,15-22H2,1-5H3,(H2,29,32). The molecule has 0 rings (SSSR count). The average Bonchev–Trinajstić information content (AvgIpc) is 2.72. The van der Waals surface area contributed by atoms with E-state index in [1.54, 1.807) is 13.8 Å². The summed E-state index contributed by atoms with van der Waals surface area (Å²) in [5.74, 6) is -2.19. The van der Waals surface area contributed by atoms with E-state index >= 15 is 0 Å². The van der Waals surface area contributed by atoms with Crippen molar-refractivity contribution in [1.82, 2.24) is 0 Å². The third-order valence-electron chi connectivity index (χ3n) is 6.02. The van der Waals surface area contributed by atoms with E-state index in [9.17, 15) is 15.0 Å². The third-order valence-corrected chi connectivity index (χ3v) is 6.02. The molecule has 0 saturated heterocycles. The molecule has 0 saturated carbocycles. The maximum Gasteiger partial charge on any atom is 0.277 e. The maximum atomic E-state index is 12.5. The minimum Gasteiger partial charge on any atom is -0.393 e. The molecule has 0 aromatic rings. The summed E-state index contributed by atoms with van der Waals surface area (Å²) in [7, 11) is 0. The highest BCUT2D eigenvalue weighted by Gasteiger charge is 2.42. The van der Waals surface area contributed by atoms with Crippen LogP contribution in [0, 0.1) is 0 Å². The number of hydrogen-bond donors (Lipinski definition) is 3. The second-order valence-corrected chi connectivity index (χ2v) is 10.1. The number of hydrogen-bond acceptors (Lipinski definition) is 5. The summed E-state index contributed by atoms with van der Waals surface area (Å²) in [5.41, 5.74) is 5.76. The van der Waals surface area contributed by atoms with E-state index in [2.05, 4.69) is 19.1 Å². The Morgan fingerprint density at radius 1 is 0.765 bits per heavy atom. The van der Waals surface area contributed by atoms with Gasteiger partial charge in [-0.25, -0.2) is 0 Å². The van der Waals surface area contributed by atoms with Crippen LogP contribution in [0.25, 0.3) is 0 Å². The Bertz CT molecular complexity index is 503. The highest BCUT2D eigenvalue weighted by molar-refractivity contribution is 5.81. The first kappa shape index (κ1) is 33.0. The van der Waals surface area contributed by atoms with Gasteiger partial charge in [0.1, 0.15) is 0 Å². The lowest BCUT2D eigenvalue weighted by atomic mass is 10.0. The Balaban J connectivity index is 4.47. The van der Waals surface area contributed by atoms with Gasteiger partial charge in [-0.2, -0.15) is 0 Å². The molecular formula is C28H55NO5. The monoisotopic (exact) mass is 485 g/mol. The Labute approximate surface area is 209 Å². The molecule has 4 atom stereocenters. The van der Waals surface area contributed by atoms with Crippen LogP contribution in [-0.4, -0.2) is 46.3 Å². The number of nitrogens with two attached hydrogens (primary N) is 1. The number of unbranched alkanes of at least 4 members (excludes halogenated alkanes) is 10. The molecule has 4 unspecified atom stereocenters. The van der Waals surface area contributed by atoms with Gasteiger partial charge in [0.15, 0.2) is 0 Å². The molecule has 6 nitrogen and oxygen atoms in total. The molecule has 0 radical (unpaired) electrons. The van der Waals surface area contributed by atoms with Gasteiger partial charge in [-0.05, 0) is 72.6 Å². The predicted octanol–water partition coefficient (Wildman–Crippen LogP) is 6.17. The van der Waals surface area contributed by atoms with E-state index < -0.39 is 23.9 Å². The van der Waals surface area contributed by atoms with Crippen molar-refractivity contribution < 1.29 is 24.5 Å². The molecule has 0 aromatic heterocycles. The average molecular weight is 486 g/mol. The molecule has 0 heterocycles. The summed E-state index contributed by atoms with van der Waals surface area (Å²) in [6.07, 6.45) is 18.0. The Morgan fingerprint density at radius 3 is 1.59 bits per heavy atom. The van der Waals surface area contributed by atoms with E-state index in [0.29, 0.717) is 19.3 Å². The molecule has 0 aliphatic rings. The van der Waals surface area contributed by atoms with Gasteiger partial charge in [-0.3, -0.25) is 4.79 Å². The van der Waals surface area contributed by atoms with Gasteiger partial charge in [0.05, 0.1) is 24.4 Å². The van der Waals surface area contributed by atoms with Crippen molar-refractivity contribution in [3.8, 4) is 0 Å². The molecule has 0 spiro atoms. The molecule has 202 valence electrons. The first-order valence-electron chi connectivity index (χ1n) is 13.8. The summed E-state index contributed by atoms with van der Waals surface area (Å²) < 4.78 is 12.1. The minimum atomic E-state index is -1.54. The normalized spacial score (nSPS) is 17.4. The quantitative estimate of drug-likeness (QED) is 0.0913. The van der Waals surface area contributed by atoms with Crippen molar-refractivity contribution in [2.24, 2.45) is 5.73 Å². The van der Waals surface area contributed by atoms with E-state index in [1.165, 1.54) is 44.9 Å². The summed E-state index contributed by atoms with van der Waals surface area (Å²) in [5, 5.41) is 19.4. The van der Waals surface area contributed by atoms with Crippen LogP contribution in [0.1, 0.15) is 131 Å². The second-order valence-electron chi connectivity index (χ2n) is 10.1. The molecule has 34 heavy (non-hydrogen) atoms. The topological polar surface area (TPSA) is 102 Å². The first-order chi connectivity index (χ1) is 16.1. The molecule has 0 aliphatic carbocycles. The number of rotatable bonds is 23. The van der Waals surface area contributed by atoms with Crippen LogP contribution in [0.5, 0.6) is 0 Å². The lowest BCUT2D eigenvalue weighted by Gasteiger charge is -2.36. The number of amides is 1. The lowest BCUT2D eigenvalue weighted by molar-refractivity contribution is -0.266. The van der Waals surface area contributed by atoms with E-state index in [1.807, 2.05) is 13.8 Å².